The quantitative estimate of drug-likeness (QED) is 0.313. The minimum atomic E-state index is -1.37. The predicted molar refractivity (Wildman–Crippen MR) is 141 cm³/mol. The molecular formula is C25H13Cl5N4O2. The summed E-state index contributed by atoms with van der Waals surface area (Å²) in [5, 5.41) is 24.6. The summed E-state index contributed by atoms with van der Waals surface area (Å²) in [5.74, 6) is -2.40. The van der Waals surface area contributed by atoms with Crippen molar-refractivity contribution in [2.75, 3.05) is 10.6 Å². The third-order valence-electron chi connectivity index (χ3n) is 5.58. The van der Waals surface area contributed by atoms with E-state index in [0.717, 1.165) is 0 Å². The Morgan fingerprint density at radius 2 is 1.56 bits per heavy atom. The van der Waals surface area contributed by atoms with Crippen LogP contribution in [0.4, 0.5) is 11.4 Å². The number of nitrogens with zero attached hydrogens (tertiary/aromatic N) is 2. The molecule has 11 heteroatoms. The van der Waals surface area contributed by atoms with E-state index >= 15 is 0 Å². The van der Waals surface area contributed by atoms with Crippen molar-refractivity contribution in [3.05, 3.63) is 91.9 Å². The molecule has 2 N–H and O–H groups in total. The van der Waals surface area contributed by atoms with Crippen molar-refractivity contribution in [3.8, 4) is 12.1 Å². The summed E-state index contributed by atoms with van der Waals surface area (Å²) in [4.78, 5) is 25.9. The first kappa shape index (κ1) is 26.1. The smallest absolute Gasteiger partial charge is 0.257 e. The summed E-state index contributed by atoms with van der Waals surface area (Å²) in [6.07, 6.45) is 0. The van der Waals surface area contributed by atoms with Crippen LogP contribution in [-0.4, -0.2) is 16.1 Å². The van der Waals surface area contributed by atoms with Crippen LogP contribution >= 0.6 is 58.0 Å². The molecule has 1 fully saturated rings. The number of benzene rings is 3. The van der Waals surface area contributed by atoms with E-state index in [2.05, 4.69) is 10.6 Å². The Bertz CT molecular complexity index is 1470. The Hall–Kier alpha value is -2.97. The van der Waals surface area contributed by atoms with Crippen LogP contribution in [0.15, 0.2) is 54.6 Å². The number of nitrogens with one attached hydrogen (secondary N) is 2. The van der Waals surface area contributed by atoms with Gasteiger partial charge in [-0.15, -0.1) is 23.2 Å². The molecule has 1 saturated carbocycles. The lowest BCUT2D eigenvalue weighted by Gasteiger charge is -2.11. The normalized spacial score (nSPS) is 17.4. The summed E-state index contributed by atoms with van der Waals surface area (Å²) < 4.78 is -1.37. The van der Waals surface area contributed by atoms with Gasteiger partial charge in [-0.05, 0) is 60.2 Å². The second kappa shape index (κ2) is 10.2. The van der Waals surface area contributed by atoms with Crippen LogP contribution in [0.2, 0.25) is 15.1 Å². The zero-order chi connectivity index (χ0) is 26.2. The number of hydrogen-bond donors (Lipinski definition) is 2. The third kappa shape index (κ3) is 5.25. The van der Waals surface area contributed by atoms with Gasteiger partial charge < -0.3 is 10.6 Å². The first-order valence-electron chi connectivity index (χ1n) is 10.2. The predicted octanol–water partition coefficient (Wildman–Crippen LogP) is 7.17. The second-order valence-corrected chi connectivity index (χ2v) is 10.7. The Balaban J connectivity index is 1.53. The summed E-state index contributed by atoms with van der Waals surface area (Å²) in [6, 6.07) is 17.4. The average Bonchev–Trinajstić information content (AvgIpc) is 3.41. The van der Waals surface area contributed by atoms with Crippen LogP contribution in [0.25, 0.3) is 0 Å². The van der Waals surface area contributed by atoms with Crippen LogP contribution in [0, 0.1) is 28.6 Å². The standard InChI is InChI=1S/C25H13Cl5N4O2/c26-15-6-13(7-16(27)8-15)21-22(25(21,29)30)24(36)33-17-2-3-19(28)18(9-17)23(35)34-20-4-1-12(10-31)5-14(20)11-32/h1-9,21-22H,(H,33,36)(H,34,35)/t21-,22+/m0/s1. The lowest BCUT2D eigenvalue weighted by atomic mass is 10.1. The highest BCUT2D eigenvalue weighted by atomic mass is 35.5. The molecule has 6 nitrogen and oxygen atoms in total. The van der Waals surface area contributed by atoms with Crippen molar-refractivity contribution in [2.24, 2.45) is 5.92 Å². The SMILES string of the molecule is N#Cc1ccc(NC(=O)c2cc(NC(=O)[C@H]3[C@H](c4cc(Cl)cc(Cl)c4)C3(Cl)Cl)ccc2Cl)c(C#N)c1. The largest absolute Gasteiger partial charge is 0.326 e. The van der Waals surface area contributed by atoms with E-state index in [1.807, 2.05) is 12.1 Å². The van der Waals surface area contributed by atoms with E-state index in [9.17, 15) is 14.9 Å². The Labute approximate surface area is 231 Å². The van der Waals surface area contributed by atoms with Gasteiger partial charge in [-0.2, -0.15) is 10.5 Å². The van der Waals surface area contributed by atoms with Crippen molar-refractivity contribution in [3.63, 3.8) is 0 Å². The van der Waals surface area contributed by atoms with Gasteiger partial charge in [-0.25, -0.2) is 0 Å². The number of amides is 2. The van der Waals surface area contributed by atoms with Gasteiger partial charge >= 0.3 is 0 Å². The van der Waals surface area contributed by atoms with Crippen LogP contribution in [-0.2, 0) is 4.79 Å². The maximum atomic E-state index is 13.0. The fraction of sp³-hybridized carbons (Fsp3) is 0.120. The number of carbonyl (C=O) groups excluding carboxylic acids is 2. The van der Waals surface area contributed by atoms with Gasteiger partial charge in [-0.3, -0.25) is 9.59 Å². The van der Waals surface area contributed by atoms with E-state index in [-0.39, 0.29) is 33.1 Å². The number of carbonyl (C=O) groups is 2. The highest BCUT2D eigenvalue weighted by Gasteiger charge is 2.67. The first-order chi connectivity index (χ1) is 17.0. The van der Waals surface area contributed by atoms with E-state index in [1.165, 1.54) is 36.4 Å². The van der Waals surface area contributed by atoms with Gasteiger partial charge in [0, 0.05) is 21.7 Å². The van der Waals surface area contributed by atoms with Gasteiger partial charge in [0.1, 0.15) is 10.4 Å². The van der Waals surface area contributed by atoms with Crippen molar-refractivity contribution in [1.82, 2.24) is 0 Å². The highest BCUT2D eigenvalue weighted by Crippen LogP contribution is 2.65. The molecule has 4 rings (SSSR count). The Morgan fingerprint density at radius 3 is 2.19 bits per heavy atom. The third-order valence-corrected chi connectivity index (χ3v) is 7.28. The van der Waals surface area contributed by atoms with Crippen LogP contribution in [0.3, 0.4) is 0 Å². The lowest BCUT2D eigenvalue weighted by Crippen LogP contribution is -2.18. The fourth-order valence-corrected chi connectivity index (χ4v) is 5.40. The van der Waals surface area contributed by atoms with Gasteiger partial charge in [-0.1, -0.05) is 34.8 Å². The topological polar surface area (TPSA) is 106 Å². The molecule has 180 valence electrons. The molecule has 0 radical (unpaired) electrons. The minimum absolute atomic E-state index is 0.0553. The molecule has 2 atom stereocenters. The molecule has 36 heavy (non-hydrogen) atoms. The summed E-state index contributed by atoms with van der Waals surface area (Å²) in [7, 11) is 0. The molecule has 3 aromatic rings. The molecule has 3 aromatic carbocycles. The summed E-state index contributed by atoms with van der Waals surface area (Å²) >= 11 is 31.2. The molecule has 0 heterocycles. The van der Waals surface area contributed by atoms with Gasteiger partial charge in [0.25, 0.3) is 5.91 Å². The van der Waals surface area contributed by atoms with Crippen molar-refractivity contribution < 1.29 is 9.59 Å². The second-order valence-electron chi connectivity index (χ2n) is 7.95. The van der Waals surface area contributed by atoms with E-state index in [0.29, 0.717) is 15.6 Å². The van der Waals surface area contributed by atoms with Gasteiger partial charge in [0.05, 0.1) is 39.4 Å². The molecule has 0 saturated heterocycles. The average molecular weight is 579 g/mol. The zero-order valence-corrected chi connectivity index (χ0v) is 21.7. The number of halogens is 5. The number of alkyl halides is 2. The maximum absolute atomic E-state index is 13.0. The number of nitriles is 2. The van der Waals surface area contributed by atoms with Gasteiger partial charge in [0.15, 0.2) is 0 Å². The zero-order valence-electron chi connectivity index (χ0n) is 18.0. The van der Waals surface area contributed by atoms with Crippen LogP contribution in [0.5, 0.6) is 0 Å². The monoisotopic (exact) mass is 576 g/mol. The molecule has 0 aromatic heterocycles. The van der Waals surface area contributed by atoms with Crippen LogP contribution < -0.4 is 10.6 Å². The fourth-order valence-electron chi connectivity index (χ4n) is 3.82. The minimum Gasteiger partial charge on any atom is -0.326 e. The number of hydrogen-bond acceptors (Lipinski definition) is 4. The number of anilines is 2. The molecule has 0 unspecified atom stereocenters. The lowest BCUT2D eigenvalue weighted by molar-refractivity contribution is -0.117. The molecule has 0 bridgehead atoms. The van der Waals surface area contributed by atoms with Crippen LogP contribution in [0.1, 0.15) is 33.0 Å². The van der Waals surface area contributed by atoms with Crippen molar-refractivity contribution >= 4 is 81.2 Å². The molecule has 0 spiro atoms. The van der Waals surface area contributed by atoms with Crippen molar-refractivity contribution in [1.29, 1.82) is 10.5 Å². The molecule has 0 aliphatic heterocycles. The molecule has 1 aliphatic carbocycles. The Morgan fingerprint density at radius 1 is 0.861 bits per heavy atom. The van der Waals surface area contributed by atoms with E-state index in [1.54, 1.807) is 18.2 Å². The Kier molecular flexibility index (Phi) is 7.38. The number of rotatable bonds is 5. The molecular weight excluding hydrogens is 566 g/mol. The van der Waals surface area contributed by atoms with E-state index < -0.39 is 28.0 Å². The first-order valence-corrected chi connectivity index (χ1v) is 12.1. The van der Waals surface area contributed by atoms with E-state index in [4.69, 9.17) is 63.3 Å². The van der Waals surface area contributed by atoms with Gasteiger partial charge in [0.2, 0.25) is 5.91 Å². The maximum Gasteiger partial charge on any atom is 0.257 e. The summed E-state index contributed by atoms with van der Waals surface area (Å²) in [6.45, 7) is 0. The molecule has 1 aliphatic rings. The summed E-state index contributed by atoms with van der Waals surface area (Å²) in [5.41, 5.74) is 1.57. The highest BCUT2D eigenvalue weighted by molar-refractivity contribution is 6.53. The van der Waals surface area contributed by atoms with Crippen molar-refractivity contribution in [2.45, 2.75) is 10.3 Å². The molecule has 2 amide bonds.